The molecule has 0 aliphatic heterocycles. The third-order valence-corrected chi connectivity index (χ3v) is 5.24. The standard InChI is InChI=1S/C20H33N/c1-14(2)20(15(3)4)13-21-16(5)18-11-10-17-8-6-7-9-19(17)12-18/h10-12,14-16,20-21H,6-9,13H2,1-5H3. The van der Waals surface area contributed by atoms with Gasteiger partial charge in [-0.25, -0.2) is 0 Å². The Bertz CT molecular complexity index is 439. The zero-order valence-electron chi connectivity index (χ0n) is 14.6. The van der Waals surface area contributed by atoms with Crippen molar-refractivity contribution in [2.24, 2.45) is 17.8 Å². The summed E-state index contributed by atoms with van der Waals surface area (Å²) in [6.07, 6.45) is 5.28. The number of benzene rings is 1. The fourth-order valence-corrected chi connectivity index (χ4v) is 3.69. The van der Waals surface area contributed by atoms with Crippen LogP contribution in [0.4, 0.5) is 0 Å². The molecule has 21 heavy (non-hydrogen) atoms. The molecule has 0 saturated carbocycles. The Hall–Kier alpha value is -0.820. The van der Waals surface area contributed by atoms with E-state index in [1.54, 1.807) is 11.1 Å². The lowest BCUT2D eigenvalue weighted by molar-refractivity contribution is 0.268. The smallest absolute Gasteiger partial charge is 0.0292 e. The molecule has 1 aromatic rings. The van der Waals surface area contributed by atoms with E-state index in [4.69, 9.17) is 0 Å². The Morgan fingerprint density at radius 3 is 2.14 bits per heavy atom. The summed E-state index contributed by atoms with van der Waals surface area (Å²) in [5, 5.41) is 3.77. The molecule has 118 valence electrons. The summed E-state index contributed by atoms with van der Waals surface area (Å²) in [4.78, 5) is 0. The molecule has 1 N–H and O–H groups in total. The number of nitrogens with one attached hydrogen (secondary N) is 1. The predicted molar refractivity (Wildman–Crippen MR) is 92.7 cm³/mol. The minimum absolute atomic E-state index is 0.456. The molecule has 0 fully saturated rings. The zero-order chi connectivity index (χ0) is 15.4. The molecule has 1 aromatic carbocycles. The maximum atomic E-state index is 3.77. The summed E-state index contributed by atoms with van der Waals surface area (Å²) in [6, 6.07) is 7.61. The quantitative estimate of drug-likeness (QED) is 0.763. The molecule has 1 unspecified atom stereocenters. The molecule has 0 bridgehead atoms. The lowest BCUT2D eigenvalue weighted by atomic mass is 9.85. The van der Waals surface area contributed by atoms with Gasteiger partial charge in [0.2, 0.25) is 0 Å². The lowest BCUT2D eigenvalue weighted by Crippen LogP contribution is -2.31. The van der Waals surface area contributed by atoms with Crippen molar-refractivity contribution in [1.82, 2.24) is 5.32 Å². The van der Waals surface area contributed by atoms with Crippen molar-refractivity contribution in [2.75, 3.05) is 6.54 Å². The van der Waals surface area contributed by atoms with Gasteiger partial charge >= 0.3 is 0 Å². The van der Waals surface area contributed by atoms with Crippen LogP contribution in [-0.2, 0) is 12.8 Å². The first-order valence-electron chi connectivity index (χ1n) is 8.84. The predicted octanol–water partition coefficient (Wildman–Crippen LogP) is 5.14. The summed E-state index contributed by atoms with van der Waals surface area (Å²) < 4.78 is 0. The molecule has 0 spiro atoms. The molecule has 0 aromatic heterocycles. The molecule has 1 aliphatic carbocycles. The second-order valence-corrected chi connectivity index (χ2v) is 7.52. The fraction of sp³-hybridized carbons (Fsp3) is 0.700. The Morgan fingerprint density at radius 1 is 0.905 bits per heavy atom. The van der Waals surface area contributed by atoms with Crippen molar-refractivity contribution >= 4 is 0 Å². The third kappa shape index (κ3) is 4.32. The Balaban J connectivity index is 1.98. The SMILES string of the molecule is CC(NCC(C(C)C)C(C)C)c1ccc2c(c1)CCCC2. The van der Waals surface area contributed by atoms with Crippen LogP contribution in [0, 0.1) is 17.8 Å². The first-order chi connectivity index (χ1) is 9.99. The van der Waals surface area contributed by atoms with Crippen LogP contribution in [0.15, 0.2) is 18.2 Å². The van der Waals surface area contributed by atoms with Gasteiger partial charge in [0.25, 0.3) is 0 Å². The van der Waals surface area contributed by atoms with Gasteiger partial charge in [-0.05, 0) is 73.6 Å². The zero-order valence-corrected chi connectivity index (χ0v) is 14.6. The van der Waals surface area contributed by atoms with E-state index in [-0.39, 0.29) is 0 Å². The van der Waals surface area contributed by atoms with Crippen LogP contribution in [0.1, 0.15) is 70.2 Å². The average Bonchev–Trinajstić information content (AvgIpc) is 2.46. The fourth-order valence-electron chi connectivity index (χ4n) is 3.69. The van der Waals surface area contributed by atoms with E-state index in [1.165, 1.54) is 31.2 Å². The molecule has 0 radical (unpaired) electrons. The van der Waals surface area contributed by atoms with E-state index in [0.717, 1.165) is 24.3 Å². The van der Waals surface area contributed by atoms with Gasteiger partial charge in [0.15, 0.2) is 0 Å². The molecule has 0 saturated heterocycles. The van der Waals surface area contributed by atoms with Gasteiger partial charge in [-0.15, -0.1) is 0 Å². The Labute approximate surface area is 131 Å². The highest BCUT2D eigenvalue weighted by Gasteiger charge is 2.19. The maximum absolute atomic E-state index is 3.77. The van der Waals surface area contributed by atoms with E-state index in [9.17, 15) is 0 Å². The molecule has 1 atom stereocenters. The van der Waals surface area contributed by atoms with Gasteiger partial charge in [-0.3, -0.25) is 0 Å². The summed E-state index contributed by atoms with van der Waals surface area (Å²) >= 11 is 0. The van der Waals surface area contributed by atoms with Crippen molar-refractivity contribution in [3.63, 3.8) is 0 Å². The van der Waals surface area contributed by atoms with E-state index in [1.807, 2.05) is 0 Å². The van der Waals surface area contributed by atoms with Crippen molar-refractivity contribution in [2.45, 2.75) is 66.3 Å². The molecule has 1 nitrogen and oxygen atoms in total. The first-order valence-corrected chi connectivity index (χ1v) is 8.84. The summed E-state index contributed by atoms with van der Waals surface area (Å²) in [7, 11) is 0. The number of aryl methyl sites for hydroxylation is 2. The van der Waals surface area contributed by atoms with Gasteiger partial charge in [-0.1, -0.05) is 45.9 Å². The summed E-state index contributed by atoms with van der Waals surface area (Å²) in [5.41, 5.74) is 4.64. The maximum Gasteiger partial charge on any atom is 0.0292 e. The van der Waals surface area contributed by atoms with Crippen molar-refractivity contribution in [3.05, 3.63) is 34.9 Å². The van der Waals surface area contributed by atoms with Crippen LogP contribution in [0.3, 0.4) is 0 Å². The van der Waals surface area contributed by atoms with Crippen LogP contribution < -0.4 is 5.32 Å². The number of fused-ring (bicyclic) bond motifs is 1. The van der Waals surface area contributed by atoms with Crippen molar-refractivity contribution in [3.8, 4) is 0 Å². The number of hydrogen-bond donors (Lipinski definition) is 1. The second-order valence-electron chi connectivity index (χ2n) is 7.52. The second kappa shape index (κ2) is 7.45. The Kier molecular flexibility index (Phi) is 5.87. The largest absolute Gasteiger partial charge is 0.310 e. The molecule has 1 heteroatoms. The van der Waals surface area contributed by atoms with Gasteiger partial charge in [0, 0.05) is 6.04 Å². The highest BCUT2D eigenvalue weighted by Crippen LogP contribution is 2.26. The van der Waals surface area contributed by atoms with Gasteiger partial charge in [-0.2, -0.15) is 0 Å². The van der Waals surface area contributed by atoms with Crippen LogP contribution >= 0.6 is 0 Å². The third-order valence-electron chi connectivity index (χ3n) is 5.24. The molecular formula is C20H33N. The number of rotatable bonds is 6. The first kappa shape index (κ1) is 16.5. The van der Waals surface area contributed by atoms with Gasteiger partial charge in [0.1, 0.15) is 0 Å². The van der Waals surface area contributed by atoms with Crippen LogP contribution in [-0.4, -0.2) is 6.54 Å². The lowest BCUT2D eigenvalue weighted by Gasteiger charge is -2.27. The van der Waals surface area contributed by atoms with E-state index in [2.05, 4.69) is 58.1 Å². The summed E-state index contributed by atoms with van der Waals surface area (Å²) in [5.74, 6) is 2.24. The molecule has 0 amide bonds. The van der Waals surface area contributed by atoms with Crippen molar-refractivity contribution in [1.29, 1.82) is 0 Å². The molecule has 1 aliphatic rings. The van der Waals surface area contributed by atoms with Gasteiger partial charge < -0.3 is 5.32 Å². The van der Waals surface area contributed by atoms with Crippen LogP contribution in [0.2, 0.25) is 0 Å². The highest BCUT2D eigenvalue weighted by atomic mass is 14.9. The van der Waals surface area contributed by atoms with Crippen molar-refractivity contribution < 1.29 is 0 Å². The molecule has 0 heterocycles. The summed E-state index contributed by atoms with van der Waals surface area (Å²) in [6.45, 7) is 12.8. The average molecular weight is 287 g/mol. The monoisotopic (exact) mass is 287 g/mol. The Morgan fingerprint density at radius 2 is 1.52 bits per heavy atom. The number of hydrogen-bond acceptors (Lipinski definition) is 1. The topological polar surface area (TPSA) is 12.0 Å². The van der Waals surface area contributed by atoms with E-state index in [0.29, 0.717) is 6.04 Å². The highest BCUT2D eigenvalue weighted by molar-refractivity contribution is 5.35. The van der Waals surface area contributed by atoms with E-state index < -0.39 is 0 Å². The molecular weight excluding hydrogens is 254 g/mol. The minimum Gasteiger partial charge on any atom is -0.310 e. The van der Waals surface area contributed by atoms with Gasteiger partial charge in [0.05, 0.1) is 0 Å². The molecule has 2 rings (SSSR count). The van der Waals surface area contributed by atoms with Crippen LogP contribution in [0.5, 0.6) is 0 Å². The van der Waals surface area contributed by atoms with E-state index >= 15 is 0 Å². The normalized spacial score (nSPS) is 16.6. The minimum atomic E-state index is 0.456. The van der Waals surface area contributed by atoms with Crippen LogP contribution in [0.25, 0.3) is 0 Å².